The summed E-state index contributed by atoms with van der Waals surface area (Å²) in [6.45, 7) is 0. The van der Waals surface area contributed by atoms with Gasteiger partial charge in [-0.1, -0.05) is 0 Å². The van der Waals surface area contributed by atoms with E-state index in [1.807, 2.05) is 0 Å². The zero-order valence-corrected chi connectivity index (χ0v) is 6.94. The molecule has 2 aromatic heterocycles. The van der Waals surface area contributed by atoms with E-state index in [0.29, 0.717) is 11.0 Å². The number of carboxylic acid groups (broad SMARTS) is 1. The van der Waals surface area contributed by atoms with Gasteiger partial charge in [0, 0.05) is 0 Å². The van der Waals surface area contributed by atoms with Crippen molar-refractivity contribution in [3.8, 4) is 0 Å². The molecule has 3 N–H and O–H groups in total. The molecule has 0 saturated heterocycles. The lowest BCUT2D eigenvalue weighted by molar-refractivity contribution is -0.136. The Morgan fingerprint density at radius 3 is 3.07 bits per heavy atom. The minimum atomic E-state index is -1.05. The maximum absolute atomic E-state index is 11.3. The Kier molecular flexibility index (Phi) is 1.77. The van der Waals surface area contributed by atoms with Gasteiger partial charge in [0.05, 0.1) is 6.20 Å². The number of rotatable bonds is 2. The van der Waals surface area contributed by atoms with Crippen molar-refractivity contribution in [3.63, 3.8) is 0 Å². The molecule has 0 aliphatic carbocycles. The Balaban J connectivity index is 2.58. The summed E-state index contributed by atoms with van der Waals surface area (Å²) in [6, 6.07) is 0. The highest BCUT2D eigenvalue weighted by atomic mass is 16.4. The Morgan fingerprint density at radius 1 is 1.57 bits per heavy atom. The smallest absolute Gasteiger partial charge is 0.311 e. The van der Waals surface area contributed by atoms with Crippen molar-refractivity contribution in [1.29, 1.82) is 0 Å². The van der Waals surface area contributed by atoms with E-state index in [9.17, 15) is 9.59 Å². The van der Waals surface area contributed by atoms with Gasteiger partial charge in [-0.25, -0.2) is 4.98 Å². The van der Waals surface area contributed by atoms with E-state index >= 15 is 0 Å². The van der Waals surface area contributed by atoms with Crippen LogP contribution in [0.15, 0.2) is 11.0 Å². The lowest BCUT2D eigenvalue weighted by atomic mass is 10.3. The highest BCUT2D eigenvalue weighted by molar-refractivity contribution is 5.73. The summed E-state index contributed by atoms with van der Waals surface area (Å²) in [6.07, 6.45) is 1.02. The number of hydrogen-bond acceptors (Lipinski definition) is 4. The first-order valence-corrected chi connectivity index (χ1v) is 3.81. The molecule has 2 aromatic rings. The molecule has 0 amide bonds. The van der Waals surface area contributed by atoms with Crippen LogP contribution in [0.2, 0.25) is 0 Å². The van der Waals surface area contributed by atoms with Crippen LogP contribution in [-0.2, 0) is 11.2 Å². The van der Waals surface area contributed by atoms with Crippen LogP contribution in [0, 0.1) is 0 Å². The van der Waals surface area contributed by atoms with Crippen LogP contribution in [-0.4, -0.2) is 31.2 Å². The number of carbonyl (C=O) groups is 1. The summed E-state index contributed by atoms with van der Waals surface area (Å²) in [7, 11) is 0. The Bertz CT molecular complexity index is 541. The van der Waals surface area contributed by atoms with Crippen LogP contribution in [0.5, 0.6) is 0 Å². The molecule has 2 heterocycles. The third kappa shape index (κ3) is 1.35. The molecule has 14 heavy (non-hydrogen) atoms. The second kappa shape index (κ2) is 2.95. The van der Waals surface area contributed by atoms with E-state index in [1.54, 1.807) is 0 Å². The van der Waals surface area contributed by atoms with Crippen molar-refractivity contribution in [3.05, 3.63) is 22.4 Å². The monoisotopic (exact) mass is 194 g/mol. The molecule has 2 rings (SSSR count). The molecular weight excluding hydrogens is 188 g/mol. The number of aliphatic carboxylic acids is 1. The maximum Gasteiger partial charge on any atom is 0.311 e. The molecule has 7 heteroatoms. The highest BCUT2D eigenvalue weighted by Crippen LogP contribution is 2.00. The van der Waals surface area contributed by atoms with Gasteiger partial charge in [0.2, 0.25) is 0 Å². The average molecular weight is 194 g/mol. The Morgan fingerprint density at radius 2 is 2.36 bits per heavy atom. The SMILES string of the molecule is O=C(O)Cc1nc2[nH]ncc2c(=O)[nH]1. The number of fused-ring (bicyclic) bond motifs is 1. The largest absolute Gasteiger partial charge is 0.481 e. The molecule has 0 unspecified atom stereocenters. The number of nitrogens with one attached hydrogen (secondary N) is 2. The second-order valence-electron chi connectivity index (χ2n) is 2.72. The van der Waals surface area contributed by atoms with Gasteiger partial charge in [0.1, 0.15) is 17.6 Å². The van der Waals surface area contributed by atoms with Crippen LogP contribution in [0.4, 0.5) is 0 Å². The summed E-state index contributed by atoms with van der Waals surface area (Å²) in [5, 5.41) is 14.9. The van der Waals surface area contributed by atoms with Crippen molar-refractivity contribution in [2.24, 2.45) is 0 Å². The fraction of sp³-hybridized carbons (Fsp3) is 0.143. The van der Waals surface area contributed by atoms with Crippen LogP contribution >= 0.6 is 0 Å². The van der Waals surface area contributed by atoms with Crippen LogP contribution in [0.1, 0.15) is 5.82 Å². The van der Waals surface area contributed by atoms with Crippen molar-refractivity contribution in [2.75, 3.05) is 0 Å². The molecular formula is C7H6N4O3. The van der Waals surface area contributed by atoms with Crippen LogP contribution < -0.4 is 5.56 Å². The average Bonchev–Trinajstić information content (AvgIpc) is 2.50. The van der Waals surface area contributed by atoms with Crippen molar-refractivity contribution in [2.45, 2.75) is 6.42 Å². The maximum atomic E-state index is 11.3. The van der Waals surface area contributed by atoms with Gasteiger partial charge in [-0.3, -0.25) is 14.7 Å². The number of nitrogens with zero attached hydrogens (tertiary/aromatic N) is 2. The predicted molar refractivity (Wildman–Crippen MR) is 45.8 cm³/mol. The first-order chi connectivity index (χ1) is 6.66. The molecule has 0 atom stereocenters. The molecule has 0 aromatic carbocycles. The van der Waals surface area contributed by atoms with Crippen LogP contribution in [0.3, 0.4) is 0 Å². The minimum Gasteiger partial charge on any atom is -0.481 e. The van der Waals surface area contributed by atoms with Gasteiger partial charge in [0.15, 0.2) is 5.65 Å². The third-order valence-corrected chi connectivity index (χ3v) is 1.69. The third-order valence-electron chi connectivity index (χ3n) is 1.69. The standard InChI is InChI=1S/C7H6N4O3/c12-5(13)1-4-9-6-3(2-8-11-6)7(14)10-4/h2H,1H2,(H,12,13)(H2,8,9,10,11,14). The lowest BCUT2D eigenvalue weighted by Crippen LogP contribution is -2.14. The Labute approximate surface area is 76.8 Å². The molecule has 0 bridgehead atoms. The molecule has 0 aliphatic rings. The van der Waals surface area contributed by atoms with Gasteiger partial charge < -0.3 is 10.1 Å². The lowest BCUT2D eigenvalue weighted by Gasteiger charge is -1.95. The topological polar surface area (TPSA) is 112 Å². The fourth-order valence-corrected chi connectivity index (χ4v) is 1.12. The normalized spacial score (nSPS) is 10.6. The molecule has 72 valence electrons. The number of H-pyrrole nitrogens is 2. The van der Waals surface area contributed by atoms with E-state index in [1.165, 1.54) is 6.20 Å². The fourth-order valence-electron chi connectivity index (χ4n) is 1.12. The van der Waals surface area contributed by atoms with Crippen LogP contribution in [0.25, 0.3) is 11.0 Å². The van der Waals surface area contributed by atoms with Crippen molar-refractivity contribution < 1.29 is 9.90 Å². The van der Waals surface area contributed by atoms with E-state index < -0.39 is 5.97 Å². The quantitative estimate of drug-likeness (QED) is 0.583. The molecule has 0 fully saturated rings. The van der Waals surface area contributed by atoms with E-state index in [4.69, 9.17) is 5.11 Å². The van der Waals surface area contributed by atoms with Crippen molar-refractivity contribution in [1.82, 2.24) is 20.2 Å². The molecule has 0 radical (unpaired) electrons. The zero-order chi connectivity index (χ0) is 10.1. The van der Waals surface area contributed by atoms with Gasteiger partial charge >= 0.3 is 5.97 Å². The number of aromatic amines is 2. The summed E-state index contributed by atoms with van der Waals surface area (Å²) in [5.41, 5.74) is -0.0926. The second-order valence-corrected chi connectivity index (χ2v) is 2.72. The minimum absolute atomic E-state index is 0.110. The zero-order valence-electron chi connectivity index (χ0n) is 6.94. The molecule has 0 spiro atoms. The van der Waals surface area contributed by atoms with E-state index in [0.717, 1.165) is 0 Å². The summed E-state index contributed by atoms with van der Waals surface area (Å²) in [5.74, 6) is -0.939. The predicted octanol–water partition coefficient (Wildman–Crippen LogP) is -0.727. The number of hydrogen-bond donors (Lipinski definition) is 3. The molecule has 0 aliphatic heterocycles. The van der Waals surface area contributed by atoms with Gasteiger partial charge in [0.25, 0.3) is 5.56 Å². The first-order valence-electron chi connectivity index (χ1n) is 3.81. The van der Waals surface area contributed by atoms with Gasteiger partial charge in [-0.2, -0.15) is 5.10 Å². The Hall–Kier alpha value is -2.18. The molecule has 0 saturated carbocycles. The first kappa shape index (κ1) is 8.42. The van der Waals surface area contributed by atoms with Gasteiger partial charge in [-0.15, -0.1) is 0 Å². The summed E-state index contributed by atoms with van der Waals surface area (Å²) < 4.78 is 0. The highest BCUT2D eigenvalue weighted by Gasteiger charge is 2.07. The number of carboxylic acids is 1. The summed E-state index contributed by atoms with van der Waals surface area (Å²) >= 11 is 0. The van der Waals surface area contributed by atoms with E-state index in [-0.39, 0.29) is 17.8 Å². The van der Waals surface area contributed by atoms with E-state index in [2.05, 4.69) is 20.2 Å². The summed E-state index contributed by atoms with van der Waals surface area (Å²) in [4.78, 5) is 27.9. The number of aromatic nitrogens is 4. The molecule has 7 nitrogen and oxygen atoms in total. The van der Waals surface area contributed by atoms with Gasteiger partial charge in [-0.05, 0) is 0 Å². The van der Waals surface area contributed by atoms with Crippen molar-refractivity contribution >= 4 is 17.0 Å².